The second-order valence-electron chi connectivity index (χ2n) is 7.72. The van der Waals surface area contributed by atoms with Crippen LogP contribution in [0.1, 0.15) is 12.0 Å². The van der Waals surface area contributed by atoms with Gasteiger partial charge in [0.15, 0.2) is 0 Å². The molecule has 6 nitrogen and oxygen atoms in total. The number of rotatable bonds is 6. The molecule has 160 valence electrons. The molecule has 0 radical (unpaired) electrons. The number of halogens is 2. The highest BCUT2D eigenvalue weighted by Crippen LogP contribution is 2.28. The standard InChI is InChI=1S/C22H25Cl2N3O3/c23-19-4-2-16(12-20(19)24)27-9-7-26(8-10-27)13-17(28)14-30-18-3-5-21-15(11-18)1-6-22(29)25-21/h2-5,11-12,17,28H,1,6-10,13-14H2,(H,25,29)/t17-/m0/s1. The van der Waals surface area contributed by atoms with Crippen LogP contribution in [-0.2, 0) is 11.2 Å². The summed E-state index contributed by atoms with van der Waals surface area (Å²) in [4.78, 5) is 16.0. The molecule has 1 atom stereocenters. The highest BCUT2D eigenvalue weighted by Gasteiger charge is 2.21. The molecule has 2 N–H and O–H groups in total. The number of nitrogens with zero attached hydrogens (tertiary/aromatic N) is 2. The molecule has 0 aliphatic carbocycles. The van der Waals surface area contributed by atoms with Gasteiger partial charge in [-0.05, 0) is 48.4 Å². The summed E-state index contributed by atoms with van der Waals surface area (Å²) >= 11 is 12.1. The predicted octanol–water partition coefficient (Wildman–Crippen LogP) is 3.44. The molecule has 1 amide bonds. The van der Waals surface area contributed by atoms with Gasteiger partial charge in [-0.2, -0.15) is 0 Å². The van der Waals surface area contributed by atoms with Gasteiger partial charge in [-0.1, -0.05) is 23.2 Å². The van der Waals surface area contributed by atoms with Gasteiger partial charge in [0, 0.05) is 50.5 Å². The van der Waals surface area contributed by atoms with Crippen LogP contribution < -0.4 is 15.0 Å². The van der Waals surface area contributed by atoms with Crippen LogP contribution in [0.4, 0.5) is 11.4 Å². The fraction of sp³-hybridized carbons (Fsp3) is 0.409. The number of hydrogen-bond donors (Lipinski definition) is 2. The van der Waals surface area contributed by atoms with E-state index in [4.69, 9.17) is 27.9 Å². The van der Waals surface area contributed by atoms with Gasteiger partial charge in [0.05, 0.1) is 10.0 Å². The molecule has 2 aliphatic heterocycles. The van der Waals surface area contributed by atoms with E-state index >= 15 is 0 Å². The maximum absolute atomic E-state index is 11.4. The predicted molar refractivity (Wildman–Crippen MR) is 120 cm³/mol. The number of carbonyl (C=O) groups is 1. The molecule has 2 aliphatic rings. The first-order valence-electron chi connectivity index (χ1n) is 10.1. The third-order valence-corrected chi connectivity index (χ3v) is 6.26. The smallest absolute Gasteiger partial charge is 0.224 e. The largest absolute Gasteiger partial charge is 0.491 e. The number of β-amino-alcohol motifs (C(OH)–C–C–N with tert-alkyl or cyclic N) is 1. The molecule has 1 saturated heterocycles. The van der Waals surface area contributed by atoms with Crippen molar-refractivity contribution in [3.8, 4) is 5.75 Å². The van der Waals surface area contributed by atoms with Crippen LogP contribution in [0.3, 0.4) is 0 Å². The van der Waals surface area contributed by atoms with Crippen LogP contribution in [0.5, 0.6) is 5.75 Å². The van der Waals surface area contributed by atoms with Crippen molar-refractivity contribution in [2.24, 2.45) is 0 Å². The number of anilines is 2. The minimum Gasteiger partial charge on any atom is -0.491 e. The lowest BCUT2D eigenvalue weighted by atomic mass is 10.0. The number of amides is 1. The first-order valence-corrected chi connectivity index (χ1v) is 10.9. The van der Waals surface area contributed by atoms with E-state index in [9.17, 15) is 9.90 Å². The van der Waals surface area contributed by atoms with Crippen molar-refractivity contribution in [3.05, 3.63) is 52.0 Å². The number of piperazine rings is 1. The molecule has 0 aromatic heterocycles. The third kappa shape index (κ3) is 5.19. The van der Waals surface area contributed by atoms with Gasteiger partial charge in [0.1, 0.15) is 18.5 Å². The van der Waals surface area contributed by atoms with E-state index in [1.807, 2.05) is 36.4 Å². The maximum Gasteiger partial charge on any atom is 0.224 e. The Balaban J connectivity index is 1.23. The number of aliphatic hydroxyl groups is 1. The zero-order chi connectivity index (χ0) is 21.1. The van der Waals surface area contributed by atoms with Crippen molar-refractivity contribution < 1.29 is 14.6 Å². The average Bonchev–Trinajstić information content (AvgIpc) is 2.75. The minimum absolute atomic E-state index is 0.0471. The summed E-state index contributed by atoms with van der Waals surface area (Å²) in [6, 6.07) is 11.3. The van der Waals surface area contributed by atoms with Crippen LogP contribution in [0, 0.1) is 0 Å². The van der Waals surface area contributed by atoms with Crippen molar-refractivity contribution >= 4 is 40.5 Å². The molecule has 8 heteroatoms. The van der Waals surface area contributed by atoms with Crippen molar-refractivity contribution in [2.75, 3.05) is 49.5 Å². The third-order valence-electron chi connectivity index (χ3n) is 5.52. The van der Waals surface area contributed by atoms with Crippen molar-refractivity contribution in [2.45, 2.75) is 18.9 Å². The Morgan fingerprint density at radius 2 is 1.83 bits per heavy atom. The SMILES string of the molecule is O=C1CCc2cc(OC[C@@H](O)CN3CCN(c4ccc(Cl)c(Cl)c4)CC3)ccc2N1. The van der Waals surface area contributed by atoms with E-state index in [1.54, 1.807) is 0 Å². The lowest BCUT2D eigenvalue weighted by Crippen LogP contribution is -2.49. The number of aliphatic hydroxyl groups excluding tert-OH is 1. The van der Waals surface area contributed by atoms with E-state index in [-0.39, 0.29) is 12.5 Å². The van der Waals surface area contributed by atoms with E-state index in [2.05, 4.69) is 15.1 Å². The number of aryl methyl sites for hydroxylation is 1. The highest BCUT2D eigenvalue weighted by molar-refractivity contribution is 6.42. The number of ether oxygens (including phenoxy) is 1. The first kappa shape index (κ1) is 21.2. The number of carbonyl (C=O) groups excluding carboxylic acids is 1. The molecule has 0 unspecified atom stereocenters. The zero-order valence-electron chi connectivity index (χ0n) is 16.6. The zero-order valence-corrected chi connectivity index (χ0v) is 18.1. The van der Waals surface area contributed by atoms with Crippen LogP contribution in [0.25, 0.3) is 0 Å². The van der Waals surface area contributed by atoms with E-state index < -0.39 is 6.10 Å². The van der Waals surface area contributed by atoms with Crippen molar-refractivity contribution in [1.82, 2.24) is 4.90 Å². The molecular weight excluding hydrogens is 425 g/mol. The van der Waals surface area contributed by atoms with Crippen molar-refractivity contribution in [1.29, 1.82) is 0 Å². The Hall–Kier alpha value is -1.99. The Labute approximate surface area is 186 Å². The summed E-state index contributed by atoms with van der Waals surface area (Å²) in [5.74, 6) is 0.763. The highest BCUT2D eigenvalue weighted by atomic mass is 35.5. The Bertz CT molecular complexity index is 916. The van der Waals surface area contributed by atoms with Gasteiger partial charge in [-0.25, -0.2) is 0 Å². The topological polar surface area (TPSA) is 65.0 Å². The fourth-order valence-corrected chi connectivity index (χ4v) is 4.16. The van der Waals surface area contributed by atoms with Crippen LogP contribution in [0.15, 0.2) is 36.4 Å². The monoisotopic (exact) mass is 449 g/mol. The lowest BCUT2D eigenvalue weighted by molar-refractivity contribution is -0.116. The number of nitrogens with one attached hydrogen (secondary N) is 1. The summed E-state index contributed by atoms with van der Waals surface area (Å²) in [7, 11) is 0. The summed E-state index contributed by atoms with van der Waals surface area (Å²) in [6.07, 6.45) is 0.634. The Morgan fingerprint density at radius 3 is 2.60 bits per heavy atom. The molecule has 1 fully saturated rings. The summed E-state index contributed by atoms with van der Waals surface area (Å²) in [6.45, 7) is 4.24. The first-order chi connectivity index (χ1) is 14.5. The molecule has 4 rings (SSSR count). The van der Waals surface area contributed by atoms with Crippen molar-refractivity contribution in [3.63, 3.8) is 0 Å². The van der Waals surface area contributed by atoms with Gasteiger partial charge in [-0.3, -0.25) is 9.69 Å². The molecule has 2 aromatic carbocycles. The molecular formula is C22H25Cl2N3O3. The van der Waals surface area contributed by atoms with Gasteiger partial charge in [-0.15, -0.1) is 0 Å². The number of fused-ring (bicyclic) bond motifs is 1. The van der Waals surface area contributed by atoms with Crippen LogP contribution in [-0.4, -0.2) is 61.3 Å². The minimum atomic E-state index is -0.572. The van der Waals surface area contributed by atoms with E-state index in [0.29, 0.717) is 35.2 Å². The Morgan fingerprint density at radius 1 is 1.03 bits per heavy atom. The van der Waals surface area contributed by atoms with Gasteiger partial charge in [0.25, 0.3) is 0 Å². The van der Waals surface area contributed by atoms with E-state index in [0.717, 1.165) is 43.1 Å². The summed E-state index contributed by atoms with van der Waals surface area (Å²) < 4.78 is 5.79. The van der Waals surface area contributed by atoms with Gasteiger partial charge >= 0.3 is 0 Å². The second-order valence-corrected chi connectivity index (χ2v) is 8.53. The molecule has 2 heterocycles. The second kappa shape index (κ2) is 9.43. The molecule has 0 spiro atoms. The summed E-state index contributed by atoms with van der Waals surface area (Å²) in [5.41, 5.74) is 2.98. The molecule has 30 heavy (non-hydrogen) atoms. The quantitative estimate of drug-likeness (QED) is 0.706. The molecule has 0 bridgehead atoms. The van der Waals surface area contributed by atoms with E-state index in [1.165, 1.54) is 0 Å². The fourth-order valence-electron chi connectivity index (χ4n) is 3.86. The lowest BCUT2D eigenvalue weighted by Gasteiger charge is -2.37. The van der Waals surface area contributed by atoms with Crippen LogP contribution in [0.2, 0.25) is 10.0 Å². The Kier molecular flexibility index (Phi) is 6.68. The van der Waals surface area contributed by atoms with Gasteiger partial charge < -0.3 is 20.1 Å². The maximum atomic E-state index is 11.4. The number of benzene rings is 2. The average molecular weight is 450 g/mol. The van der Waals surface area contributed by atoms with Crippen LogP contribution >= 0.6 is 23.2 Å². The number of hydrogen-bond acceptors (Lipinski definition) is 5. The summed E-state index contributed by atoms with van der Waals surface area (Å²) in [5, 5.41) is 14.4. The molecule has 0 saturated carbocycles. The molecule has 2 aromatic rings. The van der Waals surface area contributed by atoms with Gasteiger partial charge in [0.2, 0.25) is 5.91 Å². The normalized spacial score (nSPS) is 18.0.